The third kappa shape index (κ3) is 3.96. The molecule has 3 aromatic rings. The van der Waals surface area contributed by atoms with Crippen LogP contribution in [0.5, 0.6) is 11.5 Å². The minimum absolute atomic E-state index is 0.182. The molecule has 9 heteroatoms. The molecular formula is C21H18F3N3O3. The lowest BCUT2D eigenvalue weighted by atomic mass is 10.1. The van der Waals surface area contributed by atoms with E-state index >= 15 is 0 Å². The number of amides is 1. The minimum atomic E-state index is -4.50. The molecule has 0 radical (unpaired) electrons. The zero-order chi connectivity index (χ0) is 21.3. The molecule has 0 fully saturated rings. The van der Waals surface area contributed by atoms with Crippen molar-refractivity contribution in [2.45, 2.75) is 19.6 Å². The fourth-order valence-corrected chi connectivity index (χ4v) is 3.15. The van der Waals surface area contributed by atoms with Crippen molar-refractivity contribution in [3.05, 3.63) is 71.5 Å². The lowest BCUT2D eigenvalue weighted by Crippen LogP contribution is -2.30. The third-order valence-electron chi connectivity index (χ3n) is 4.74. The van der Waals surface area contributed by atoms with Crippen molar-refractivity contribution < 1.29 is 27.4 Å². The summed E-state index contributed by atoms with van der Waals surface area (Å²) in [6.07, 6.45) is -3.27. The van der Waals surface area contributed by atoms with Gasteiger partial charge in [-0.1, -0.05) is 6.07 Å². The van der Waals surface area contributed by atoms with Gasteiger partial charge in [-0.05, 0) is 55.0 Å². The Bertz CT molecular complexity index is 1060. The number of halogens is 3. The lowest BCUT2D eigenvalue weighted by Gasteiger charge is -2.21. The summed E-state index contributed by atoms with van der Waals surface area (Å²) >= 11 is 0. The number of hydrogen-bond donors (Lipinski definition) is 0. The highest BCUT2D eigenvalue weighted by Gasteiger charge is 2.33. The van der Waals surface area contributed by atoms with Gasteiger partial charge in [-0.3, -0.25) is 4.79 Å². The Balaban J connectivity index is 1.48. The third-order valence-corrected chi connectivity index (χ3v) is 4.74. The molecule has 0 saturated heterocycles. The van der Waals surface area contributed by atoms with Crippen molar-refractivity contribution >= 4 is 5.91 Å². The van der Waals surface area contributed by atoms with Crippen LogP contribution in [0.25, 0.3) is 5.69 Å². The van der Waals surface area contributed by atoms with Gasteiger partial charge >= 0.3 is 6.18 Å². The van der Waals surface area contributed by atoms with Gasteiger partial charge in [0.1, 0.15) is 0 Å². The summed E-state index contributed by atoms with van der Waals surface area (Å²) in [5, 5.41) is 3.54. The summed E-state index contributed by atoms with van der Waals surface area (Å²) in [4.78, 5) is 14.6. The number of rotatable bonds is 5. The topological polar surface area (TPSA) is 56.6 Å². The number of alkyl halides is 3. The highest BCUT2D eigenvalue weighted by molar-refractivity contribution is 5.94. The van der Waals surface area contributed by atoms with E-state index in [1.54, 1.807) is 29.2 Å². The van der Waals surface area contributed by atoms with E-state index in [9.17, 15) is 18.0 Å². The molecule has 0 bridgehead atoms. The molecule has 6 nitrogen and oxygen atoms in total. The molecule has 156 valence electrons. The minimum Gasteiger partial charge on any atom is -0.454 e. The van der Waals surface area contributed by atoms with Crippen LogP contribution in [0.1, 0.15) is 28.5 Å². The monoisotopic (exact) mass is 417 g/mol. The number of nitrogens with zero attached hydrogens (tertiary/aromatic N) is 3. The zero-order valence-corrected chi connectivity index (χ0v) is 16.0. The molecule has 1 aliphatic heterocycles. The van der Waals surface area contributed by atoms with Crippen LogP contribution in [-0.2, 0) is 12.7 Å². The molecule has 0 saturated carbocycles. The molecule has 0 atom stereocenters. The van der Waals surface area contributed by atoms with Gasteiger partial charge < -0.3 is 14.4 Å². The number of fused-ring (bicyclic) bond motifs is 1. The average Bonchev–Trinajstić information content (AvgIpc) is 3.40. The number of carbonyl (C=O) groups excluding carboxylic acids is 1. The molecule has 0 N–H and O–H groups in total. The van der Waals surface area contributed by atoms with Gasteiger partial charge in [0.25, 0.3) is 5.91 Å². The van der Waals surface area contributed by atoms with Crippen molar-refractivity contribution in [3.8, 4) is 17.2 Å². The first-order chi connectivity index (χ1) is 14.3. The van der Waals surface area contributed by atoms with Crippen molar-refractivity contribution in [2.75, 3.05) is 13.3 Å². The fourth-order valence-electron chi connectivity index (χ4n) is 3.15. The first-order valence-electron chi connectivity index (χ1n) is 9.26. The Hall–Kier alpha value is -3.49. The number of ether oxygens (including phenoxy) is 2. The maximum absolute atomic E-state index is 12.9. The van der Waals surface area contributed by atoms with Gasteiger partial charge in [-0.15, -0.1) is 0 Å². The van der Waals surface area contributed by atoms with Gasteiger partial charge in [-0.2, -0.15) is 18.3 Å². The highest BCUT2D eigenvalue weighted by Crippen LogP contribution is 2.33. The standard InChI is InChI=1S/C21H18F3N3O3/c1-2-26(12-14-3-8-17-18(11-14)30-13-29-17)20(28)15-4-6-16(7-5-15)27-10-9-19(25-27)21(22,23)24/h3-11H,2,12-13H2,1H3. The van der Waals surface area contributed by atoms with Crippen LogP contribution in [0.2, 0.25) is 0 Å². The van der Waals surface area contributed by atoms with Crippen molar-refractivity contribution in [1.82, 2.24) is 14.7 Å². The molecule has 30 heavy (non-hydrogen) atoms. The molecule has 2 aromatic carbocycles. The van der Waals surface area contributed by atoms with E-state index in [1.165, 1.54) is 6.20 Å². The van der Waals surface area contributed by atoms with Crippen LogP contribution in [0.15, 0.2) is 54.7 Å². The Labute approximate surface area is 170 Å². The van der Waals surface area contributed by atoms with Crippen molar-refractivity contribution in [2.24, 2.45) is 0 Å². The summed E-state index contributed by atoms with van der Waals surface area (Å²) in [6, 6.07) is 12.7. The molecule has 0 spiro atoms. The summed E-state index contributed by atoms with van der Waals surface area (Å²) < 4.78 is 50.0. The second-order valence-electron chi connectivity index (χ2n) is 6.70. The maximum Gasteiger partial charge on any atom is 0.435 e. The maximum atomic E-state index is 12.9. The molecular weight excluding hydrogens is 399 g/mol. The lowest BCUT2D eigenvalue weighted by molar-refractivity contribution is -0.141. The number of hydrogen-bond acceptors (Lipinski definition) is 4. The van der Waals surface area contributed by atoms with Crippen LogP contribution in [0.4, 0.5) is 13.2 Å². The summed E-state index contributed by atoms with van der Waals surface area (Å²) in [5.41, 5.74) is 0.802. The first-order valence-corrected chi connectivity index (χ1v) is 9.26. The van der Waals surface area contributed by atoms with Gasteiger partial charge in [0.2, 0.25) is 6.79 Å². The van der Waals surface area contributed by atoms with Gasteiger partial charge in [0.15, 0.2) is 17.2 Å². The highest BCUT2D eigenvalue weighted by atomic mass is 19.4. The van der Waals surface area contributed by atoms with Crippen molar-refractivity contribution in [3.63, 3.8) is 0 Å². The van der Waals surface area contributed by atoms with Gasteiger partial charge in [-0.25, -0.2) is 4.68 Å². The van der Waals surface area contributed by atoms with Crippen LogP contribution >= 0.6 is 0 Å². The largest absolute Gasteiger partial charge is 0.454 e. The summed E-state index contributed by atoms with van der Waals surface area (Å²) in [6.45, 7) is 2.94. The molecule has 0 unspecified atom stereocenters. The Morgan fingerprint density at radius 1 is 1.10 bits per heavy atom. The average molecular weight is 417 g/mol. The number of benzene rings is 2. The van der Waals surface area contributed by atoms with Crippen LogP contribution in [0.3, 0.4) is 0 Å². The summed E-state index contributed by atoms with van der Waals surface area (Å²) in [5.74, 6) is 1.15. The second kappa shape index (κ2) is 7.74. The molecule has 4 rings (SSSR count). The van der Waals surface area contributed by atoms with E-state index < -0.39 is 11.9 Å². The van der Waals surface area contributed by atoms with E-state index in [0.717, 1.165) is 16.3 Å². The van der Waals surface area contributed by atoms with E-state index in [0.29, 0.717) is 35.8 Å². The predicted molar refractivity (Wildman–Crippen MR) is 102 cm³/mol. The predicted octanol–water partition coefficient (Wildman–Crippen LogP) is 4.28. The molecule has 0 aliphatic carbocycles. The quantitative estimate of drug-likeness (QED) is 0.622. The number of aromatic nitrogens is 2. The van der Waals surface area contributed by atoms with Crippen LogP contribution in [-0.4, -0.2) is 33.9 Å². The number of carbonyl (C=O) groups is 1. The van der Waals surface area contributed by atoms with E-state index in [2.05, 4.69) is 5.10 Å². The van der Waals surface area contributed by atoms with E-state index in [1.807, 2.05) is 25.1 Å². The molecule has 1 aliphatic rings. The van der Waals surface area contributed by atoms with E-state index in [4.69, 9.17) is 9.47 Å². The smallest absolute Gasteiger partial charge is 0.435 e. The second-order valence-corrected chi connectivity index (χ2v) is 6.70. The molecule has 1 amide bonds. The summed E-state index contributed by atoms with van der Waals surface area (Å²) in [7, 11) is 0. The normalized spacial score (nSPS) is 12.8. The van der Waals surface area contributed by atoms with Gasteiger partial charge in [0.05, 0.1) is 5.69 Å². The Kier molecular flexibility index (Phi) is 5.11. The Morgan fingerprint density at radius 3 is 2.50 bits per heavy atom. The van der Waals surface area contributed by atoms with Crippen molar-refractivity contribution in [1.29, 1.82) is 0 Å². The van der Waals surface area contributed by atoms with E-state index in [-0.39, 0.29) is 12.7 Å². The van der Waals surface area contributed by atoms with Crippen LogP contribution < -0.4 is 9.47 Å². The SMILES string of the molecule is CCN(Cc1ccc2c(c1)OCO2)C(=O)c1ccc(-n2ccc(C(F)(F)F)n2)cc1. The fraction of sp³-hybridized carbons (Fsp3) is 0.238. The molecule has 2 heterocycles. The first kappa shape index (κ1) is 19.8. The Morgan fingerprint density at radius 2 is 1.83 bits per heavy atom. The zero-order valence-electron chi connectivity index (χ0n) is 16.0. The molecule has 1 aromatic heterocycles. The van der Waals surface area contributed by atoms with Gasteiger partial charge in [0, 0.05) is 24.8 Å². The van der Waals surface area contributed by atoms with Crippen LogP contribution in [0, 0.1) is 0 Å².